The lowest BCUT2D eigenvalue weighted by molar-refractivity contribution is 0.138. The average Bonchev–Trinajstić information content (AvgIpc) is 2.86. The maximum atomic E-state index is 12.0. The van der Waals surface area contributed by atoms with Gasteiger partial charge in [0, 0.05) is 12.2 Å². The Morgan fingerprint density at radius 3 is 2.03 bits per heavy atom. The van der Waals surface area contributed by atoms with E-state index in [-0.39, 0.29) is 19.1 Å². The highest BCUT2D eigenvalue weighted by molar-refractivity contribution is 7.90. The number of amides is 1. The van der Waals surface area contributed by atoms with Gasteiger partial charge in [-0.05, 0) is 60.7 Å². The van der Waals surface area contributed by atoms with Crippen LogP contribution in [0, 0.1) is 0 Å². The Labute approximate surface area is 207 Å². The summed E-state index contributed by atoms with van der Waals surface area (Å²) in [5.74, 6) is 0.744. The largest absolute Gasteiger partial charge is 0.490 e. The average molecular weight is 497 g/mol. The normalized spacial score (nSPS) is 12.2. The van der Waals surface area contributed by atoms with Crippen LogP contribution < -0.4 is 14.8 Å². The van der Waals surface area contributed by atoms with Gasteiger partial charge >= 0.3 is 6.09 Å². The zero-order chi connectivity index (χ0) is 25.3. The van der Waals surface area contributed by atoms with Crippen LogP contribution >= 0.6 is 0 Å². The number of hydrogen-bond acceptors (Lipinski definition) is 5. The fourth-order valence-electron chi connectivity index (χ4n) is 3.24. The lowest BCUT2D eigenvalue weighted by Crippen LogP contribution is -2.33. The second kappa shape index (κ2) is 12.4. The Morgan fingerprint density at radius 1 is 0.829 bits per heavy atom. The van der Waals surface area contributed by atoms with E-state index in [1.807, 2.05) is 73.7 Å². The first-order valence-electron chi connectivity index (χ1n) is 11.5. The summed E-state index contributed by atoms with van der Waals surface area (Å²) in [6.45, 7) is 6.07. The van der Waals surface area contributed by atoms with Gasteiger partial charge in [-0.25, -0.2) is 17.9 Å². The molecule has 8 heteroatoms. The van der Waals surface area contributed by atoms with Crippen molar-refractivity contribution in [3.63, 3.8) is 0 Å². The van der Waals surface area contributed by atoms with Gasteiger partial charge in [-0.3, -0.25) is 5.32 Å². The summed E-state index contributed by atoms with van der Waals surface area (Å²) in [5, 5.41) is 2.20. The number of sulfonamides is 1. The molecule has 1 unspecified atom stereocenters. The summed E-state index contributed by atoms with van der Waals surface area (Å²) < 4.78 is 37.4. The predicted octanol–water partition coefficient (Wildman–Crippen LogP) is 5.41. The van der Waals surface area contributed by atoms with Crippen LogP contribution in [-0.4, -0.2) is 39.5 Å². The third kappa shape index (κ3) is 8.12. The molecule has 0 spiro atoms. The summed E-state index contributed by atoms with van der Waals surface area (Å²) >= 11 is 0. The summed E-state index contributed by atoms with van der Waals surface area (Å²) in [7, 11) is -3.27. The molecule has 1 amide bonds. The van der Waals surface area contributed by atoms with Crippen LogP contribution in [0.5, 0.6) is 5.75 Å². The molecule has 3 rings (SSSR count). The number of rotatable bonds is 11. The summed E-state index contributed by atoms with van der Waals surface area (Å²) in [6.07, 6.45) is -0.523. The number of carbonyl (C=O) groups excluding carboxylic acids is 1. The van der Waals surface area contributed by atoms with Crippen molar-refractivity contribution in [3.8, 4) is 16.9 Å². The SMILES string of the molecule is CC(CNS(=O)(=O)C(C)C)c1ccc(-c2ccc(OCCOC(=O)Nc3ccccc3)cc2)cc1. The van der Waals surface area contributed by atoms with Crippen LogP contribution in [0.4, 0.5) is 10.5 Å². The molecule has 186 valence electrons. The molecule has 35 heavy (non-hydrogen) atoms. The maximum Gasteiger partial charge on any atom is 0.411 e. The van der Waals surface area contributed by atoms with Crippen molar-refractivity contribution in [1.29, 1.82) is 0 Å². The third-order valence-corrected chi connectivity index (χ3v) is 7.29. The molecule has 0 aliphatic carbocycles. The number of anilines is 1. The predicted molar refractivity (Wildman–Crippen MR) is 139 cm³/mol. The molecule has 1 atom stereocenters. The van der Waals surface area contributed by atoms with Gasteiger partial charge in [-0.15, -0.1) is 0 Å². The number of para-hydroxylation sites is 1. The minimum absolute atomic E-state index is 0.0605. The zero-order valence-electron chi connectivity index (χ0n) is 20.2. The van der Waals surface area contributed by atoms with Gasteiger partial charge in [-0.2, -0.15) is 0 Å². The van der Waals surface area contributed by atoms with Crippen LogP contribution in [0.2, 0.25) is 0 Å². The van der Waals surface area contributed by atoms with Crippen molar-refractivity contribution in [2.75, 3.05) is 25.1 Å². The number of benzene rings is 3. The molecule has 3 aromatic rings. The Balaban J connectivity index is 1.44. The molecular weight excluding hydrogens is 464 g/mol. The molecule has 7 nitrogen and oxygen atoms in total. The van der Waals surface area contributed by atoms with E-state index in [1.54, 1.807) is 26.0 Å². The van der Waals surface area contributed by atoms with Gasteiger partial charge in [0.15, 0.2) is 0 Å². The smallest absolute Gasteiger partial charge is 0.411 e. The molecule has 0 fully saturated rings. The lowest BCUT2D eigenvalue weighted by Gasteiger charge is -2.15. The van der Waals surface area contributed by atoms with E-state index in [9.17, 15) is 13.2 Å². The number of nitrogens with one attached hydrogen (secondary N) is 2. The number of carbonyl (C=O) groups is 1. The first-order chi connectivity index (χ1) is 16.7. The van der Waals surface area contributed by atoms with E-state index in [0.717, 1.165) is 16.7 Å². The van der Waals surface area contributed by atoms with Crippen molar-refractivity contribution in [3.05, 3.63) is 84.4 Å². The molecule has 2 N–H and O–H groups in total. The topological polar surface area (TPSA) is 93.7 Å². The van der Waals surface area contributed by atoms with Crippen molar-refractivity contribution >= 4 is 21.8 Å². The highest BCUT2D eigenvalue weighted by Crippen LogP contribution is 2.25. The minimum atomic E-state index is -3.27. The zero-order valence-corrected chi connectivity index (χ0v) is 21.0. The molecule has 0 radical (unpaired) electrons. The van der Waals surface area contributed by atoms with Crippen molar-refractivity contribution in [1.82, 2.24) is 4.72 Å². The van der Waals surface area contributed by atoms with Crippen molar-refractivity contribution < 1.29 is 22.7 Å². The van der Waals surface area contributed by atoms with E-state index >= 15 is 0 Å². The van der Waals surface area contributed by atoms with Crippen LogP contribution in [0.25, 0.3) is 11.1 Å². The summed E-state index contributed by atoms with van der Waals surface area (Å²) in [4.78, 5) is 11.8. The first kappa shape index (κ1) is 26.2. The van der Waals surface area contributed by atoms with E-state index in [0.29, 0.717) is 18.0 Å². The van der Waals surface area contributed by atoms with Crippen LogP contribution in [0.15, 0.2) is 78.9 Å². The second-order valence-corrected chi connectivity index (χ2v) is 10.8. The molecular formula is C27H32N2O5S. The monoisotopic (exact) mass is 496 g/mol. The van der Waals surface area contributed by atoms with Gasteiger partial charge in [0.25, 0.3) is 0 Å². The Hall–Kier alpha value is -3.36. The third-order valence-electron chi connectivity index (χ3n) is 5.48. The van der Waals surface area contributed by atoms with Crippen molar-refractivity contribution in [2.45, 2.75) is 31.9 Å². The van der Waals surface area contributed by atoms with Gasteiger partial charge in [0.2, 0.25) is 10.0 Å². The van der Waals surface area contributed by atoms with Gasteiger partial charge in [0.1, 0.15) is 19.0 Å². The molecule has 3 aromatic carbocycles. The van der Waals surface area contributed by atoms with Gasteiger partial charge < -0.3 is 9.47 Å². The maximum absolute atomic E-state index is 12.0. The number of hydrogen-bond donors (Lipinski definition) is 2. The van der Waals surface area contributed by atoms with Crippen molar-refractivity contribution in [2.24, 2.45) is 0 Å². The van der Waals surface area contributed by atoms with Crippen LogP contribution in [0.1, 0.15) is 32.3 Å². The van der Waals surface area contributed by atoms with Gasteiger partial charge in [0.05, 0.1) is 5.25 Å². The Morgan fingerprint density at radius 2 is 1.43 bits per heavy atom. The molecule has 0 aliphatic heterocycles. The first-order valence-corrected chi connectivity index (χ1v) is 13.1. The summed E-state index contributed by atoms with van der Waals surface area (Å²) in [5.41, 5.74) is 3.83. The van der Waals surface area contributed by atoms with Crippen LogP contribution in [0.3, 0.4) is 0 Å². The van der Waals surface area contributed by atoms with E-state index in [2.05, 4.69) is 10.0 Å². The highest BCUT2D eigenvalue weighted by atomic mass is 32.2. The fourth-order valence-corrected chi connectivity index (χ4v) is 4.06. The van der Waals surface area contributed by atoms with E-state index < -0.39 is 21.4 Å². The highest BCUT2D eigenvalue weighted by Gasteiger charge is 2.17. The van der Waals surface area contributed by atoms with Crippen LogP contribution in [-0.2, 0) is 14.8 Å². The molecule has 0 saturated carbocycles. The number of ether oxygens (including phenoxy) is 2. The Bertz CT molecular complexity index is 1180. The second-order valence-electron chi connectivity index (χ2n) is 8.47. The molecule has 0 bridgehead atoms. The fraction of sp³-hybridized carbons (Fsp3) is 0.296. The standard InChI is InChI=1S/C27H32N2O5S/c1-20(2)35(31,32)28-19-21(3)22-9-11-23(12-10-22)24-13-15-26(16-14-24)33-17-18-34-27(30)29-25-7-5-4-6-8-25/h4-16,20-21,28H,17-19H2,1-3H3,(H,29,30). The molecule has 0 aliphatic rings. The molecule has 0 heterocycles. The lowest BCUT2D eigenvalue weighted by atomic mass is 9.98. The van der Waals surface area contributed by atoms with Gasteiger partial charge in [-0.1, -0.05) is 61.5 Å². The Kier molecular flexibility index (Phi) is 9.28. The molecule has 0 saturated heterocycles. The van der Waals surface area contributed by atoms with E-state index in [1.165, 1.54) is 0 Å². The quantitative estimate of drug-likeness (QED) is 0.346. The van der Waals surface area contributed by atoms with E-state index in [4.69, 9.17) is 9.47 Å². The summed E-state index contributed by atoms with van der Waals surface area (Å²) in [6, 6.07) is 24.9. The minimum Gasteiger partial charge on any atom is -0.490 e. The molecule has 0 aromatic heterocycles.